The average Bonchev–Trinajstić information content (AvgIpc) is 3.32. The van der Waals surface area contributed by atoms with Crippen molar-refractivity contribution in [3.05, 3.63) is 121 Å². The van der Waals surface area contributed by atoms with Crippen LogP contribution in [-0.2, 0) is 0 Å². The lowest BCUT2D eigenvalue weighted by Gasteiger charge is -2.13. The predicted molar refractivity (Wildman–Crippen MR) is 149 cm³/mol. The van der Waals surface area contributed by atoms with E-state index in [2.05, 4.69) is 63.7 Å². The van der Waals surface area contributed by atoms with Gasteiger partial charge < -0.3 is 10.6 Å². The third-order valence-corrected chi connectivity index (χ3v) is 6.55. The minimum absolute atomic E-state index is 0.219. The molecule has 2 amide bonds. The molecule has 0 saturated heterocycles. The second-order valence-electron chi connectivity index (χ2n) is 8.09. The van der Waals surface area contributed by atoms with Gasteiger partial charge in [0, 0.05) is 34.8 Å². The molecule has 1 heterocycles. The molecule has 0 bridgehead atoms. The van der Waals surface area contributed by atoms with Crippen LogP contribution in [-0.4, -0.2) is 27.9 Å². The lowest BCUT2D eigenvalue weighted by Crippen LogP contribution is -2.30. The van der Waals surface area contributed by atoms with E-state index in [0.29, 0.717) is 12.3 Å². The van der Waals surface area contributed by atoms with Crippen LogP contribution < -0.4 is 10.6 Å². The molecule has 36 heavy (non-hydrogen) atoms. The van der Waals surface area contributed by atoms with Crippen LogP contribution in [0.25, 0.3) is 28.2 Å². The maximum atomic E-state index is 12.3. The van der Waals surface area contributed by atoms with Gasteiger partial charge in [0.05, 0.1) is 11.4 Å². The number of amides is 2. The van der Waals surface area contributed by atoms with Gasteiger partial charge in [0.1, 0.15) is 0 Å². The van der Waals surface area contributed by atoms with E-state index in [1.165, 1.54) is 0 Å². The molecule has 1 aromatic heterocycles. The number of benzene rings is 4. The summed E-state index contributed by atoms with van der Waals surface area (Å²) in [7, 11) is 0. The van der Waals surface area contributed by atoms with E-state index in [-0.39, 0.29) is 6.03 Å². The summed E-state index contributed by atoms with van der Waals surface area (Å²) >= 11 is 1.62. The van der Waals surface area contributed by atoms with E-state index in [4.69, 9.17) is 4.98 Å². The fourth-order valence-electron chi connectivity index (χ4n) is 3.98. The molecule has 0 unspecified atom stereocenters. The monoisotopic (exact) mass is 490 g/mol. The highest BCUT2D eigenvalue weighted by molar-refractivity contribution is 7.99. The minimum Gasteiger partial charge on any atom is -0.337 e. The fraction of sp³-hybridized carbons (Fsp3) is 0.0667. The molecule has 178 valence electrons. The zero-order valence-corrected chi connectivity index (χ0v) is 20.5. The van der Waals surface area contributed by atoms with Crippen molar-refractivity contribution in [1.82, 2.24) is 14.9 Å². The number of nitrogens with one attached hydrogen (secondary N) is 2. The number of urea groups is 1. The number of para-hydroxylation sites is 2. The Bertz CT molecular complexity index is 1410. The summed E-state index contributed by atoms with van der Waals surface area (Å²) in [5, 5.41) is 6.67. The molecule has 0 aliphatic carbocycles. The summed E-state index contributed by atoms with van der Waals surface area (Å²) in [5.41, 5.74) is 5.95. The highest BCUT2D eigenvalue weighted by Crippen LogP contribution is 2.38. The third-order valence-electron chi connectivity index (χ3n) is 5.61. The van der Waals surface area contributed by atoms with Crippen LogP contribution in [0.3, 0.4) is 0 Å². The summed E-state index contributed by atoms with van der Waals surface area (Å²) in [4.78, 5) is 17.4. The molecule has 6 heteroatoms. The minimum atomic E-state index is -0.219. The normalized spacial score (nSPS) is 10.7. The maximum absolute atomic E-state index is 12.3. The Morgan fingerprint density at radius 2 is 1.28 bits per heavy atom. The fourth-order valence-corrected chi connectivity index (χ4v) is 4.84. The molecule has 0 spiro atoms. The SMILES string of the molecule is O=C(NCCSc1nc(-c2ccccc2)c(-c2ccccc2)n1-c1ccccc1)Nc1ccccc1. The number of hydrogen-bond donors (Lipinski definition) is 2. The largest absolute Gasteiger partial charge is 0.337 e. The molecule has 5 aromatic rings. The molecular formula is C30H26N4OS. The molecule has 0 aliphatic rings. The average molecular weight is 491 g/mol. The zero-order valence-electron chi connectivity index (χ0n) is 19.7. The summed E-state index contributed by atoms with van der Waals surface area (Å²) in [6, 6.07) is 40.1. The Labute approximate surface area is 215 Å². The first-order valence-corrected chi connectivity index (χ1v) is 12.8. The number of carbonyl (C=O) groups excluding carboxylic acids is 1. The topological polar surface area (TPSA) is 59.0 Å². The second kappa shape index (κ2) is 11.4. The van der Waals surface area contributed by atoms with Crippen molar-refractivity contribution in [1.29, 1.82) is 0 Å². The van der Waals surface area contributed by atoms with Crippen molar-refractivity contribution in [2.45, 2.75) is 5.16 Å². The van der Waals surface area contributed by atoms with E-state index < -0.39 is 0 Å². The number of rotatable bonds is 8. The molecule has 0 atom stereocenters. The predicted octanol–water partition coefficient (Wildman–Crippen LogP) is 7.12. The summed E-state index contributed by atoms with van der Waals surface area (Å²) in [6.07, 6.45) is 0. The van der Waals surface area contributed by atoms with Crippen molar-refractivity contribution >= 4 is 23.5 Å². The van der Waals surface area contributed by atoms with Crippen LogP contribution in [0.5, 0.6) is 0 Å². The molecule has 4 aromatic carbocycles. The molecule has 2 N–H and O–H groups in total. The van der Waals surface area contributed by atoms with Gasteiger partial charge in [-0.1, -0.05) is 109 Å². The van der Waals surface area contributed by atoms with Crippen LogP contribution in [0.4, 0.5) is 10.5 Å². The number of aromatic nitrogens is 2. The molecule has 0 saturated carbocycles. The van der Waals surface area contributed by atoms with Crippen LogP contribution in [0, 0.1) is 0 Å². The molecule has 0 radical (unpaired) electrons. The van der Waals surface area contributed by atoms with Gasteiger partial charge in [0.15, 0.2) is 5.16 Å². The Balaban J connectivity index is 1.44. The first kappa shape index (κ1) is 23.5. The number of imidazole rings is 1. The Hall–Kier alpha value is -4.29. The molecule has 5 nitrogen and oxygen atoms in total. The first-order chi connectivity index (χ1) is 17.8. The molecule has 0 fully saturated rings. The first-order valence-electron chi connectivity index (χ1n) is 11.8. The zero-order chi connectivity index (χ0) is 24.6. The van der Waals surface area contributed by atoms with Crippen molar-refractivity contribution in [3.63, 3.8) is 0 Å². The lowest BCUT2D eigenvalue weighted by molar-refractivity contribution is 0.252. The Morgan fingerprint density at radius 3 is 1.92 bits per heavy atom. The number of carbonyl (C=O) groups is 1. The van der Waals surface area contributed by atoms with Gasteiger partial charge in [-0.15, -0.1) is 0 Å². The van der Waals surface area contributed by atoms with Gasteiger partial charge in [-0.3, -0.25) is 4.57 Å². The third kappa shape index (κ3) is 5.50. The quantitative estimate of drug-likeness (QED) is 0.180. The van der Waals surface area contributed by atoms with E-state index in [0.717, 1.165) is 39.0 Å². The van der Waals surface area contributed by atoms with Gasteiger partial charge in [0.2, 0.25) is 0 Å². The molecule has 5 rings (SSSR count). The number of thioether (sulfide) groups is 1. The van der Waals surface area contributed by atoms with Crippen LogP contribution in [0.2, 0.25) is 0 Å². The van der Waals surface area contributed by atoms with E-state index in [9.17, 15) is 4.79 Å². The van der Waals surface area contributed by atoms with Gasteiger partial charge >= 0.3 is 6.03 Å². The van der Waals surface area contributed by atoms with Crippen LogP contribution in [0.1, 0.15) is 0 Å². The number of hydrogen-bond acceptors (Lipinski definition) is 3. The lowest BCUT2D eigenvalue weighted by atomic mass is 10.0. The van der Waals surface area contributed by atoms with Gasteiger partial charge in [-0.2, -0.15) is 0 Å². The van der Waals surface area contributed by atoms with Crippen molar-refractivity contribution in [3.8, 4) is 28.2 Å². The molecule has 0 aliphatic heterocycles. The highest BCUT2D eigenvalue weighted by atomic mass is 32.2. The van der Waals surface area contributed by atoms with E-state index in [1.54, 1.807) is 11.8 Å². The van der Waals surface area contributed by atoms with E-state index >= 15 is 0 Å². The standard InChI is InChI=1S/C30H26N4OS/c35-29(32-25-17-9-3-10-18-25)31-21-22-36-30-33-27(23-13-5-1-6-14-23)28(24-15-7-2-8-16-24)34(30)26-19-11-4-12-20-26/h1-20H,21-22H2,(H2,31,32,35). The summed E-state index contributed by atoms with van der Waals surface area (Å²) in [5.74, 6) is 0.675. The second-order valence-corrected chi connectivity index (χ2v) is 9.15. The van der Waals surface area contributed by atoms with Crippen LogP contribution >= 0.6 is 11.8 Å². The van der Waals surface area contributed by atoms with Crippen molar-refractivity contribution in [2.24, 2.45) is 0 Å². The Kier molecular flexibility index (Phi) is 7.44. The van der Waals surface area contributed by atoms with Gasteiger partial charge in [0.25, 0.3) is 0 Å². The number of nitrogens with zero attached hydrogens (tertiary/aromatic N) is 2. The number of anilines is 1. The van der Waals surface area contributed by atoms with Crippen molar-refractivity contribution in [2.75, 3.05) is 17.6 Å². The van der Waals surface area contributed by atoms with Crippen molar-refractivity contribution < 1.29 is 4.79 Å². The Morgan fingerprint density at radius 1 is 0.722 bits per heavy atom. The molecular weight excluding hydrogens is 464 g/mol. The maximum Gasteiger partial charge on any atom is 0.319 e. The summed E-state index contributed by atoms with van der Waals surface area (Å²) in [6.45, 7) is 0.506. The van der Waals surface area contributed by atoms with Gasteiger partial charge in [-0.25, -0.2) is 9.78 Å². The van der Waals surface area contributed by atoms with Gasteiger partial charge in [-0.05, 0) is 24.3 Å². The van der Waals surface area contributed by atoms with E-state index in [1.807, 2.05) is 72.8 Å². The summed E-state index contributed by atoms with van der Waals surface area (Å²) < 4.78 is 2.21. The smallest absolute Gasteiger partial charge is 0.319 e. The van der Waals surface area contributed by atoms with Crippen LogP contribution in [0.15, 0.2) is 126 Å². The highest BCUT2D eigenvalue weighted by Gasteiger charge is 2.21.